The van der Waals surface area contributed by atoms with E-state index in [0.717, 1.165) is 0 Å². The van der Waals surface area contributed by atoms with Crippen molar-refractivity contribution in [1.29, 1.82) is 0 Å². The van der Waals surface area contributed by atoms with Gasteiger partial charge in [0, 0.05) is 0 Å². The molecule has 0 heterocycles. The number of rotatable bonds is 4. The van der Waals surface area contributed by atoms with Crippen molar-refractivity contribution in [1.82, 2.24) is 0 Å². The van der Waals surface area contributed by atoms with Crippen LogP contribution < -0.4 is 0 Å². The largest absolute Gasteiger partial charge is 0.0636 e. The third-order valence-electron chi connectivity index (χ3n) is 7.25. The predicted octanol–water partition coefficient (Wildman–Crippen LogP) is 13.0. The average Bonchev–Trinajstić information content (AvgIpc) is 3.38. The smallest absolute Gasteiger partial charge is 0.0622 e. The third-order valence-corrected chi connectivity index (χ3v) is 7.25. The van der Waals surface area contributed by atoms with Crippen LogP contribution in [-0.4, -0.2) is 0 Å². The topological polar surface area (TPSA) is 0 Å². The molecule has 0 bridgehead atoms. The summed E-state index contributed by atoms with van der Waals surface area (Å²) >= 11 is 0. The van der Waals surface area contributed by atoms with Gasteiger partial charge in [0.25, 0.3) is 0 Å². The molecule has 0 saturated carbocycles. The van der Waals surface area contributed by atoms with Crippen molar-refractivity contribution < 1.29 is 41.1 Å². The van der Waals surface area contributed by atoms with Gasteiger partial charge in [-0.25, -0.2) is 0 Å². The maximum atomic E-state index is 9.63. The molecule has 0 atom stereocenters. The molecule has 0 aliphatic heterocycles. The predicted molar refractivity (Wildman–Crippen MR) is 198 cm³/mol. The molecule has 0 aliphatic carbocycles. The fraction of sp³-hybridized carbons (Fsp3) is 0. The first-order valence-electron chi connectivity index (χ1n) is 28.5. The number of benzene rings is 9. The number of hydrogen-bond acceptors (Lipinski definition) is 0. The Labute approximate surface area is 311 Å². The number of hydrogen-bond donors (Lipinski definition) is 0. The van der Waals surface area contributed by atoms with E-state index in [-0.39, 0.29) is 0 Å². The van der Waals surface area contributed by atoms with Crippen molar-refractivity contribution in [3.63, 3.8) is 0 Å². The molecule has 0 fully saturated rings. The van der Waals surface area contributed by atoms with Gasteiger partial charge in [-0.3, -0.25) is 0 Å². The minimum Gasteiger partial charge on any atom is -0.0622 e. The van der Waals surface area contributed by atoms with Crippen LogP contribution >= 0.6 is 0 Å². The maximum absolute atomic E-state index is 9.63. The van der Waals surface area contributed by atoms with Crippen molar-refractivity contribution in [2.75, 3.05) is 0 Å². The van der Waals surface area contributed by atoms with Crippen LogP contribution in [0.15, 0.2) is 181 Å². The van der Waals surface area contributed by atoms with Crippen LogP contribution in [0.4, 0.5) is 0 Å². The average molecular weight is 613 g/mol. The molecular weight excluding hydrogens is 553 g/mol. The zero-order valence-corrected chi connectivity index (χ0v) is 23.0. The standard InChI is InChI=1S/C46H30/c1-2-13-33(14-3-1)45-41-18-8-10-20-43(41)46(44-21-11-9-19-42(44)45)34-25-23-32(24-26-34)37-28-29-38(40-17-7-6-16-39(37)40)36-27-22-31-12-4-5-15-35(31)30-36/h1-30H/i1D,2D,3D,4D,5D,6D,7D,8D,9D,10D,11D,12D,13D,14D,15D,16D,17D,18D,19D,20D,21D,22D,23D,24D,25D,26D,27D,28D,29D,30D. The lowest BCUT2D eigenvalue weighted by Gasteiger charge is -2.18. The van der Waals surface area contributed by atoms with Crippen LogP contribution in [0.2, 0.25) is 0 Å². The van der Waals surface area contributed by atoms with E-state index in [2.05, 4.69) is 0 Å². The minimum atomic E-state index is -1.17. The Balaban J connectivity index is 1.51. The van der Waals surface area contributed by atoms with E-state index in [9.17, 15) is 16.4 Å². The van der Waals surface area contributed by atoms with Crippen molar-refractivity contribution >= 4 is 43.1 Å². The van der Waals surface area contributed by atoms with Gasteiger partial charge in [-0.05, 0) is 93.6 Å². The summed E-state index contributed by atoms with van der Waals surface area (Å²) in [5.74, 6) is 0. The second kappa shape index (κ2) is 10.9. The summed E-state index contributed by atoms with van der Waals surface area (Å²) in [5, 5.41) is -5.69. The molecule has 9 aromatic rings. The highest BCUT2D eigenvalue weighted by Crippen LogP contribution is 2.44. The van der Waals surface area contributed by atoms with Crippen LogP contribution in [0, 0.1) is 0 Å². The Bertz CT molecular complexity index is 4140. The summed E-state index contributed by atoms with van der Waals surface area (Å²) in [6.07, 6.45) is 0. The van der Waals surface area contributed by atoms with Gasteiger partial charge in [0.05, 0.1) is 41.1 Å². The summed E-state index contributed by atoms with van der Waals surface area (Å²) in [5.41, 5.74) is -6.52. The highest BCUT2D eigenvalue weighted by Gasteiger charge is 2.17. The van der Waals surface area contributed by atoms with Crippen LogP contribution in [-0.2, 0) is 0 Å². The molecule has 0 unspecified atom stereocenters. The van der Waals surface area contributed by atoms with Gasteiger partial charge in [0.1, 0.15) is 0 Å². The van der Waals surface area contributed by atoms with E-state index >= 15 is 0 Å². The normalized spacial score (nSPS) is 20.6. The van der Waals surface area contributed by atoms with Crippen LogP contribution in [0.1, 0.15) is 41.1 Å². The number of fused-ring (bicyclic) bond motifs is 4. The summed E-state index contributed by atoms with van der Waals surface area (Å²) in [7, 11) is 0. The molecule has 0 radical (unpaired) electrons. The molecule has 9 rings (SSSR count). The van der Waals surface area contributed by atoms with Crippen molar-refractivity contribution in [3.05, 3.63) is 181 Å². The Morgan fingerprint density at radius 1 is 0.261 bits per heavy atom. The summed E-state index contributed by atoms with van der Waals surface area (Å²) in [6, 6.07) is -29.5. The zero-order valence-electron chi connectivity index (χ0n) is 53.0. The van der Waals surface area contributed by atoms with Crippen LogP contribution in [0.3, 0.4) is 0 Å². The van der Waals surface area contributed by atoms with Gasteiger partial charge in [0.2, 0.25) is 0 Å². The van der Waals surface area contributed by atoms with E-state index in [1.807, 2.05) is 0 Å². The van der Waals surface area contributed by atoms with E-state index in [0.29, 0.717) is 0 Å². The fourth-order valence-corrected chi connectivity index (χ4v) is 5.28. The van der Waals surface area contributed by atoms with Crippen LogP contribution in [0.5, 0.6) is 0 Å². The lowest BCUT2D eigenvalue weighted by Crippen LogP contribution is -1.91. The summed E-state index contributed by atoms with van der Waals surface area (Å²) < 4.78 is 268. The van der Waals surface area contributed by atoms with E-state index in [4.69, 9.17) is 24.7 Å². The highest BCUT2D eigenvalue weighted by atomic mass is 14.2. The maximum Gasteiger partial charge on any atom is 0.0636 e. The second-order valence-corrected chi connectivity index (χ2v) is 9.75. The van der Waals surface area contributed by atoms with Gasteiger partial charge >= 0.3 is 0 Å². The summed E-state index contributed by atoms with van der Waals surface area (Å²) in [6.45, 7) is 0. The Hall–Kier alpha value is -5.98. The first-order chi connectivity index (χ1) is 35.3. The fourth-order valence-electron chi connectivity index (χ4n) is 5.28. The molecule has 214 valence electrons. The van der Waals surface area contributed by atoms with Gasteiger partial charge in [-0.2, -0.15) is 0 Å². The lowest BCUT2D eigenvalue weighted by atomic mass is 9.85. The molecule has 0 aliphatic rings. The summed E-state index contributed by atoms with van der Waals surface area (Å²) in [4.78, 5) is 0. The van der Waals surface area contributed by atoms with Crippen molar-refractivity contribution in [2.45, 2.75) is 0 Å². The molecule has 0 amide bonds. The van der Waals surface area contributed by atoms with Crippen LogP contribution in [0.25, 0.3) is 87.6 Å². The first kappa shape index (κ1) is 10.0. The Morgan fingerprint density at radius 3 is 1.22 bits per heavy atom. The molecular formula is C46H30. The van der Waals surface area contributed by atoms with Gasteiger partial charge in [0.15, 0.2) is 0 Å². The Morgan fingerprint density at radius 2 is 0.652 bits per heavy atom. The van der Waals surface area contributed by atoms with E-state index in [1.54, 1.807) is 0 Å². The molecule has 0 saturated heterocycles. The van der Waals surface area contributed by atoms with Gasteiger partial charge in [-0.15, -0.1) is 0 Å². The lowest BCUT2D eigenvalue weighted by molar-refractivity contribution is 1.62. The molecule has 9 aromatic carbocycles. The molecule has 46 heavy (non-hydrogen) atoms. The Kier molecular flexibility index (Phi) is 2.37. The van der Waals surface area contributed by atoms with Crippen molar-refractivity contribution in [2.24, 2.45) is 0 Å². The molecule has 0 aromatic heterocycles. The minimum absolute atomic E-state index is 0.565. The second-order valence-electron chi connectivity index (χ2n) is 9.75. The zero-order chi connectivity index (χ0) is 56.6. The van der Waals surface area contributed by atoms with Crippen molar-refractivity contribution in [3.8, 4) is 44.5 Å². The third kappa shape index (κ3) is 4.30. The molecule has 0 spiro atoms. The molecule has 0 heteroatoms. The quantitative estimate of drug-likeness (QED) is 0.173. The SMILES string of the molecule is [2H]c1c([2H])c([2H])c(-c2c3c([2H])c([2H])c([2H])c([2H])c3c(-c3c([2H])c([2H])c(-c4c([2H])c([2H])c(-c5c([2H])c([2H])c6c([2H])c([2H])c([2H])c([2H])c6c5[2H])c5c([2H])c([2H])c([2H])c([2H])c45)c([2H])c3[2H])c3c([2H])c([2H])c([2H])c([2H])c23)c([2H])c1[2H]. The monoisotopic (exact) mass is 612 g/mol. The van der Waals surface area contributed by atoms with E-state index in [1.165, 1.54) is 0 Å². The molecule has 0 nitrogen and oxygen atoms in total. The van der Waals surface area contributed by atoms with Gasteiger partial charge in [-0.1, -0.05) is 175 Å². The van der Waals surface area contributed by atoms with Gasteiger partial charge < -0.3 is 0 Å². The van der Waals surface area contributed by atoms with E-state index < -0.39 is 269 Å². The molecule has 0 N–H and O–H groups in total. The first-order valence-corrected chi connectivity index (χ1v) is 13.5. The highest BCUT2D eigenvalue weighted by molar-refractivity contribution is 6.21.